The summed E-state index contributed by atoms with van der Waals surface area (Å²) < 4.78 is 22.0. The van der Waals surface area contributed by atoms with Gasteiger partial charge in [0.2, 0.25) is 0 Å². The standard InChI is InChI=1S/C27H30ClFN4O2/c1-4-23-21(14-32-33(23)17-5-7-18(34)8-6-17)16-11-19-20(13-31-27(19)30-12-16)15(2)25-24(35-3)10-9-22(29)26(25)28/h9-15,17-18,34H,4-8H2,1-3H3,(H,30,31)/t15-,17?,18?/m0/s1. The Morgan fingerprint density at radius 1 is 1.26 bits per heavy atom. The summed E-state index contributed by atoms with van der Waals surface area (Å²) in [5.74, 6) is -0.140. The molecule has 1 aliphatic rings. The van der Waals surface area contributed by atoms with Crippen LogP contribution in [0.1, 0.15) is 68.3 Å². The first-order valence-corrected chi connectivity index (χ1v) is 12.5. The molecule has 0 radical (unpaired) electrons. The lowest BCUT2D eigenvalue weighted by Gasteiger charge is -2.27. The highest BCUT2D eigenvalue weighted by Gasteiger charge is 2.26. The van der Waals surface area contributed by atoms with Gasteiger partial charge in [-0.2, -0.15) is 5.10 Å². The average molecular weight is 497 g/mol. The van der Waals surface area contributed by atoms with Crippen molar-refractivity contribution in [2.45, 2.75) is 64.0 Å². The van der Waals surface area contributed by atoms with Gasteiger partial charge >= 0.3 is 0 Å². The zero-order valence-electron chi connectivity index (χ0n) is 20.2. The predicted molar refractivity (Wildman–Crippen MR) is 136 cm³/mol. The first kappa shape index (κ1) is 23.8. The van der Waals surface area contributed by atoms with E-state index in [9.17, 15) is 9.50 Å². The Balaban J connectivity index is 1.56. The number of hydrogen-bond acceptors (Lipinski definition) is 4. The maximum Gasteiger partial charge on any atom is 0.142 e. The van der Waals surface area contributed by atoms with Crippen molar-refractivity contribution in [1.29, 1.82) is 0 Å². The van der Waals surface area contributed by atoms with Crippen LogP contribution in [0.3, 0.4) is 0 Å². The van der Waals surface area contributed by atoms with Crippen LogP contribution in [0.4, 0.5) is 4.39 Å². The molecule has 3 aromatic heterocycles. The zero-order valence-corrected chi connectivity index (χ0v) is 20.9. The molecule has 35 heavy (non-hydrogen) atoms. The number of fused-ring (bicyclic) bond motifs is 1. The van der Waals surface area contributed by atoms with Crippen molar-refractivity contribution < 1.29 is 14.2 Å². The third kappa shape index (κ3) is 4.21. The van der Waals surface area contributed by atoms with E-state index in [1.54, 1.807) is 13.2 Å². The molecule has 1 aliphatic carbocycles. The van der Waals surface area contributed by atoms with Crippen LogP contribution in [0, 0.1) is 5.82 Å². The molecule has 0 unspecified atom stereocenters. The maximum absolute atomic E-state index is 14.3. The number of methoxy groups -OCH3 is 1. The molecule has 1 fully saturated rings. The average Bonchev–Trinajstić information content (AvgIpc) is 3.49. The summed E-state index contributed by atoms with van der Waals surface area (Å²) >= 11 is 6.38. The number of nitrogens with zero attached hydrogens (tertiary/aromatic N) is 3. The lowest BCUT2D eigenvalue weighted by Crippen LogP contribution is -2.23. The van der Waals surface area contributed by atoms with Crippen LogP contribution >= 0.6 is 11.6 Å². The number of pyridine rings is 1. The SMILES string of the molecule is CCc1c(-c2cnc3[nH]cc([C@H](C)c4c(OC)ccc(F)c4Cl)c3c2)cnn1C1CCC(O)CC1. The van der Waals surface area contributed by atoms with E-state index in [-0.39, 0.29) is 17.0 Å². The Hall–Kier alpha value is -2.90. The molecule has 1 atom stereocenters. The molecule has 5 rings (SSSR count). The number of H-pyrrole nitrogens is 1. The highest BCUT2D eigenvalue weighted by atomic mass is 35.5. The smallest absolute Gasteiger partial charge is 0.142 e. The largest absolute Gasteiger partial charge is 0.496 e. The fourth-order valence-electron chi connectivity index (χ4n) is 5.41. The number of nitrogens with one attached hydrogen (secondary N) is 1. The first-order chi connectivity index (χ1) is 16.9. The highest BCUT2D eigenvalue weighted by Crippen LogP contribution is 2.41. The highest BCUT2D eigenvalue weighted by molar-refractivity contribution is 6.31. The van der Waals surface area contributed by atoms with E-state index in [1.165, 1.54) is 11.8 Å². The molecule has 0 aliphatic heterocycles. The molecular weight excluding hydrogens is 467 g/mol. The van der Waals surface area contributed by atoms with Crippen molar-refractivity contribution >= 4 is 22.6 Å². The van der Waals surface area contributed by atoms with Crippen molar-refractivity contribution in [3.05, 3.63) is 64.5 Å². The number of aliphatic hydroxyl groups is 1. The van der Waals surface area contributed by atoms with Gasteiger partial charge in [-0.3, -0.25) is 4.68 Å². The van der Waals surface area contributed by atoms with Crippen molar-refractivity contribution in [3.8, 4) is 16.9 Å². The predicted octanol–water partition coefficient (Wildman–Crippen LogP) is 6.42. The lowest BCUT2D eigenvalue weighted by molar-refractivity contribution is 0.107. The normalized spacial score (nSPS) is 19.3. The van der Waals surface area contributed by atoms with Gasteiger partial charge in [-0.25, -0.2) is 9.37 Å². The fourth-order valence-corrected chi connectivity index (χ4v) is 5.73. The van der Waals surface area contributed by atoms with Gasteiger partial charge < -0.3 is 14.8 Å². The lowest BCUT2D eigenvalue weighted by atomic mass is 9.91. The van der Waals surface area contributed by atoms with Crippen LogP contribution in [0.15, 0.2) is 36.8 Å². The quantitative estimate of drug-likeness (QED) is 0.323. The second-order valence-electron chi connectivity index (χ2n) is 9.33. The van der Waals surface area contributed by atoms with Gasteiger partial charge in [-0.1, -0.05) is 25.4 Å². The Morgan fingerprint density at radius 2 is 2.03 bits per heavy atom. The molecule has 2 N–H and O–H groups in total. The minimum absolute atomic E-state index is 0.0717. The molecular formula is C27H30ClFN4O2. The number of halogens is 2. The minimum Gasteiger partial charge on any atom is -0.496 e. The molecule has 0 saturated heterocycles. The van der Waals surface area contributed by atoms with Crippen LogP contribution in [0.25, 0.3) is 22.2 Å². The third-order valence-corrected chi connectivity index (χ3v) is 7.72. The molecule has 1 saturated carbocycles. The number of hydrogen-bond donors (Lipinski definition) is 2. The van der Waals surface area contributed by atoms with E-state index in [0.717, 1.165) is 59.8 Å². The number of aliphatic hydroxyl groups excluding tert-OH is 1. The molecule has 3 heterocycles. The summed E-state index contributed by atoms with van der Waals surface area (Å²) in [5, 5.41) is 15.7. The third-order valence-electron chi connectivity index (χ3n) is 7.33. The monoisotopic (exact) mass is 496 g/mol. The molecule has 0 spiro atoms. The number of aromatic amines is 1. The van der Waals surface area contributed by atoms with Crippen molar-refractivity contribution in [2.24, 2.45) is 0 Å². The molecule has 184 valence electrons. The van der Waals surface area contributed by atoms with Crippen LogP contribution in [0.5, 0.6) is 5.75 Å². The number of rotatable bonds is 6. The Kier molecular flexibility index (Phi) is 6.55. The molecule has 0 bridgehead atoms. The van der Waals surface area contributed by atoms with Crippen LogP contribution < -0.4 is 4.74 Å². The second kappa shape index (κ2) is 9.63. The molecule has 8 heteroatoms. The first-order valence-electron chi connectivity index (χ1n) is 12.2. The second-order valence-corrected chi connectivity index (χ2v) is 9.71. The van der Waals surface area contributed by atoms with Gasteiger partial charge in [0.15, 0.2) is 0 Å². The Bertz CT molecular complexity index is 1360. The van der Waals surface area contributed by atoms with E-state index in [2.05, 4.69) is 27.6 Å². The molecule has 4 aromatic rings. The maximum atomic E-state index is 14.3. The number of benzene rings is 1. The Morgan fingerprint density at radius 3 is 2.74 bits per heavy atom. The number of ether oxygens (including phenoxy) is 1. The number of aromatic nitrogens is 4. The molecule has 0 amide bonds. The van der Waals surface area contributed by atoms with E-state index in [4.69, 9.17) is 21.4 Å². The van der Waals surface area contributed by atoms with Gasteiger partial charge in [0.05, 0.1) is 30.5 Å². The summed E-state index contributed by atoms with van der Waals surface area (Å²) in [5.41, 5.74) is 5.56. The molecule has 6 nitrogen and oxygen atoms in total. The van der Waals surface area contributed by atoms with Gasteiger partial charge in [0.1, 0.15) is 17.2 Å². The van der Waals surface area contributed by atoms with Crippen molar-refractivity contribution in [3.63, 3.8) is 0 Å². The summed E-state index contributed by atoms with van der Waals surface area (Å²) in [6.07, 6.45) is 9.84. The summed E-state index contributed by atoms with van der Waals surface area (Å²) in [6, 6.07) is 5.36. The van der Waals surface area contributed by atoms with E-state index in [0.29, 0.717) is 17.4 Å². The van der Waals surface area contributed by atoms with Gasteiger partial charge in [0, 0.05) is 46.1 Å². The fraction of sp³-hybridized carbons (Fsp3) is 0.407. The van der Waals surface area contributed by atoms with E-state index >= 15 is 0 Å². The van der Waals surface area contributed by atoms with Gasteiger partial charge in [0.25, 0.3) is 0 Å². The zero-order chi connectivity index (χ0) is 24.7. The topological polar surface area (TPSA) is 76.0 Å². The molecule has 1 aromatic carbocycles. The summed E-state index contributed by atoms with van der Waals surface area (Å²) in [7, 11) is 1.56. The van der Waals surface area contributed by atoms with Crippen molar-refractivity contribution in [1.82, 2.24) is 19.7 Å². The van der Waals surface area contributed by atoms with Gasteiger partial charge in [-0.15, -0.1) is 0 Å². The van der Waals surface area contributed by atoms with Crippen LogP contribution in [-0.4, -0.2) is 38.1 Å². The van der Waals surface area contributed by atoms with Crippen molar-refractivity contribution in [2.75, 3.05) is 7.11 Å². The minimum atomic E-state index is -0.469. The van der Waals surface area contributed by atoms with E-state index < -0.39 is 5.82 Å². The van der Waals surface area contributed by atoms with Gasteiger partial charge in [-0.05, 0) is 55.9 Å². The van der Waals surface area contributed by atoms with E-state index in [1.807, 2.05) is 25.5 Å². The van der Waals surface area contributed by atoms with Crippen LogP contribution in [-0.2, 0) is 6.42 Å². The summed E-state index contributed by atoms with van der Waals surface area (Å²) in [4.78, 5) is 7.93. The Labute approximate surface area is 209 Å². The summed E-state index contributed by atoms with van der Waals surface area (Å²) in [6.45, 7) is 4.13. The van der Waals surface area contributed by atoms with Crippen LogP contribution in [0.2, 0.25) is 5.02 Å².